The quantitative estimate of drug-likeness (QED) is 0.827. The molecule has 4 nitrogen and oxygen atoms in total. The van der Waals surface area contributed by atoms with Gasteiger partial charge in [-0.25, -0.2) is 0 Å². The molecule has 2 aromatic rings. The van der Waals surface area contributed by atoms with Crippen molar-refractivity contribution >= 4 is 34.8 Å². The predicted octanol–water partition coefficient (Wildman–Crippen LogP) is 3.84. The minimum absolute atomic E-state index is 0.561. The van der Waals surface area contributed by atoms with Crippen LogP contribution in [-0.2, 0) is 9.59 Å². The summed E-state index contributed by atoms with van der Waals surface area (Å²) in [5.41, 5.74) is 3.97. The Kier molecular flexibility index (Phi) is 4.83. The number of hydrogen-bond donors (Lipinski definition) is 2. The summed E-state index contributed by atoms with van der Waals surface area (Å²) >= 11 is 5.86. The number of amides is 2. The van der Waals surface area contributed by atoms with Gasteiger partial charge in [0.05, 0.1) is 0 Å². The Bertz CT molecular complexity index is 741. The van der Waals surface area contributed by atoms with Crippen LogP contribution in [0.2, 0.25) is 5.02 Å². The zero-order chi connectivity index (χ0) is 16.3. The monoisotopic (exact) mass is 316 g/mol. The Morgan fingerprint density at radius 3 is 2.14 bits per heavy atom. The van der Waals surface area contributed by atoms with Crippen LogP contribution in [0.1, 0.15) is 16.7 Å². The van der Waals surface area contributed by atoms with Crippen molar-refractivity contribution in [2.24, 2.45) is 0 Å². The predicted molar refractivity (Wildman–Crippen MR) is 89.4 cm³/mol. The van der Waals surface area contributed by atoms with Crippen LogP contribution in [-0.4, -0.2) is 11.8 Å². The summed E-state index contributed by atoms with van der Waals surface area (Å²) in [6, 6.07) is 10.6. The van der Waals surface area contributed by atoms with Crippen molar-refractivity contribution in [1.82, 2.24) is 0 Å². The molecule has 0 radical (unpaired) electrons. The van der Waals surface area contributed by atoms with Crippen molar-refractivity contribution in [2.45, 2.75) is 20.8 Å². The number of anilines is 2. The summed E-state index contributed by atoms with van der Waals surface area (Å²) in [7, 11) is 0. The minimum Gasteiger partial charge on any atom is -0.318 e. The highest BCUT2D eigenvalue weighted by molar-refractivity contribution is 6.43. The van der Waals surface area contributed by atoms with E-state index in [-0.39, 0.29) is 0 Å². The van der Waals surface area contributed by atoms with Gasteiger partial charge >= 0.3 is 11.8 Å². The standard InChI is InChI=1S/C17H17ClN2O2/c1-10-5-4-6-15(12(10)3)20-17(22)16(21)19-14-8-7-13(18)9-11(14)2/h4-9H,1-3H3,(H,19,21)(H,20,22). The van der Waals surface area contributed by atoms with E-state index < -0.39 is 11.8 Å². The highest BCUT2D eigenvalue weighted by Crippen LogP contribution is 2.20. The van der Waals surface area contributed by atoms with Gasteiger partial charge in [0.1, 0.15) is 0 Å². The van der Waals surface area contributed by atoms with Crippen molar-refractivity contribution in [2.75, 3.05) is 10.6 Å². The zero-order valence-electron chi connectivity index (χ0n) is 12.7. The lowest BCUT2D eigenvalue weighted by Crippen LogP contribution is -2.29. The fourth-order valence-electron chi connectivity index (χ4n) is 2.01. The van der Waals surface area contributed by atoms with Crippen LogP contribution in [0.4, 0.5) is 11.4 Å². The van der Waals surface area contributed by atoms with E-state index in [9.17, 15) is 9.59 Å². The third-order valence-electron chi connectivity index (χ3n) is 3.50. The third kappa shape index (κ3) is 3.65. The van der Waals surface area contributed by atoms with Gasteiger partial charge in [0.2, 0.25) is 0 Å². The summed E-state index contributed by atoms with van der Waals surface area (Å²) in [4.78, 5) is 24.0. The first-order valence-electron chi connectivity index (χ1n) is 6.83. The van der Waals surface area contributed by atoms with E-state index in [2.05, 4.69) is 10.6 Å². The van der Waals surface area contributed by atoms with Gasteiger partial charge < -0.3 is 10.6 Å². The molecule has 0 aliphatic carbocycles. The SMILES string of the molecule is Cc1cc(Cl)ccc1NC(=O)C(=O)Nc1cccc(C)c1C. The smallest absolute Gasteiger partial charge is 0.314 e. The van der Waals surface area contributed by atoms with E-state index in [4.69, 9.17) is 11.6 Å². The van der Waals surface area contributed by atoms with Gasteiger partial charge in [-0.15, -0.1) is 0 Å². The first-order chi connectivity index (χ1) is 10.4. The Labute approximate surface area is 134 Å². The molecule has 2 rings (SSSR count). The number of carbonyl (C=O) groups is 2. The highest BCUT2D eigenvalue weighted by Gasteiger charge is 2.16. The second kappa shape index (κ2) is 6.62. The van der Waals surface area contributed by atoms with Crippen molar-refractivity contribution in [1.29, 1.82) is 0 Å². The molecule has 0 saturated carbocycles. The molecule has 0 saturated heterocycles. The number of hydrogen-bond acceptors (Lipinski definition) is 2. The molecule has 2 aromatic carbocycles. The van der Waals surface area contributed by atoms with Gasteiger partial charge in [0.25, 0.3) is 0 Å². The molecule has 2 amide bonds. The first-order valence-corrected chi connectivity index (χ1v) is 7.21. The number of benzene rings is 2. The summed E-state index contributed by atoms with van der Waals surface area (Å²) in [6.07, 6.45) is 0. The molecular weight excluding hydrogens is 300 g/mol. The Hall–Kier alpha value is -2.33. The van der Waals surface area contributed by atoms with E-state index in [1.54, 1.807) is 24.3 Å². The van der Waals surface area contributed by atoms with Crippen molar-refractivity contribution in [3.8, 4) is 0 Å². The van der Waals surface area contributed by atoms with E-state index in [0.717, 1.165) is 16.7 Å². The maximum absolute atomic E-state index is 12.0. The number of nitrogens with one attached hydrogen (secondary N) is 2. The first kappa shape index (κ1) is 16.0. The summed E-state index contributed by atoms with van der Waals surface area (Å²) in [5, 5.41) is 5.79. The summed E-state index contributed by atoms with van der Waals surface area (Å²) in [5.74, 6) is -1.42. The van der Waals surface area contributed by atoms with E-state index in [0.29, 0.717) is 16.4 Å². The Morgan fingerprint density at radius 1 is 0.864 bits per heavy atom. The van der Waals surface area contributed by atoms with Crippen LogP contribution >= 0.6 is 11.6 Å². The third-order valence-corrected chi connectivity index (χ3v) is 3.73. The molecule has 0 bridgehead atoms. The molecule has 0 spiro atoms. The van der Waals surface area contributed by atoms with E-state index in [1.807, 2.05) is 32.9 Å². The average Bonchev–Trinajstić information content (AvgIpc) is 2.46. The fraction of sp³-hybridized carbons (Fsp3) is 0.176. The number of aryl methyl sites for hydroxylation is 2. The molecule has 0 atom stereocenters. The summed E-state index contributed by atoms with van der Waals surface area (Å²) in [6.45, 7) is 5.65. The van der Waals surface area contributed by atoms with Crippen LogP contribution in [0.25, 0.3) is 0 Å². The second-order valence-electron chi connectivity index (χ2n) is 5.11. The molecular formula is C17H17ClN2O2. The molecule has 22 heavy (non-hydrogen) atoms. The second-order valence-corrected chi connectivity index (χ2v) is 5.55. The van der Waals surface area contributed by atoms with Gasteiger partial charge in [-0.3, -0.25) is 9.59 Å². The maximum atomic E-state index is 12.0. The fourth-order valence-corrected chi connectivity index (χ4v) is 2.24. The van der Waals surface area contributed by atoms with Crippen molar-refractivity contribution < 1.29 is 9.59 Å². The van der Waals surface area contributed by atoms with Gasteiger partial charge in [0.15, 0.2) is 0 Å². The molecule has 0 heterocycles. The summed E-state index contributed by atoms with van der Waals surface area (Å²) < 4.78 is 0. The van der Waals surface area contributed by atoms with Crippen LogP contribution in [0.3, 0.4) is 0 Å². The van der Waals surface area contributed by atoms with Crippen LogP contribution < -0.4 is 10.6 Å². The van der Waals surface area contributed by atoms with Crippen LogP contribution in [0.5, 0.6) is 0 Å². The Morgan fingerprint density at radius 2 is 1.50 bits per heavy atom. The molecule has 0 aliphatic heterocycles. The molecule has 0 unspecified atom stereocenters. The lowest BCUT2D eigenvalue weighted by molar-refractivity contribution is -0.133. The van der Waals surface area contributed by atoms with E-state index in [1.165, 1.54) is 0 Å². The number of halogens is 1. The molecule has 114 valence electrons. The topological polar surface area (TPSA) is 58.2 Å². The number of rotatable bonds is 2. The van der Waals surface area contributed by atoms with Gasteiger partial charge in [-0.1, -0.05) is 23.7 Å². The van der Waals surface area contributed by atoms with Gasteiger partial charge in [-0.05, 0) is 61.7 Å². The molecule has 0 aromatic heterocycles. The molecule has 0 fully saturated rings. The zero-order valence-corrected chi connectivity index (χ0v) is 13.4. The van der Waals surface area contributed by atoms with Crippen LogP contribution in [0.15, 0.2) is 36.4 Å². The van der Waals surface area contributed by atoms with Gasteiger partial charge in [-0.2, -0.15) is 0 Å². The molecule has 5 heteroatoms. The Balaban J connectivity index is 2.09. The lowest BCUT2D eigenvalue weighted by atomic mass is 10.1. The van der Waals surface area contributed by atoms with Crippen LogP contribution in [0, 0.1) is 20.8 Å². The number of carbonyl (C=O) groups excluding carboxylic acids is 2. The average molecular weight is 317 g/mol. The highest BCUT2D eigenvalue weighted by atomic mass is 35.5. The minimum atomic E-state index is -0.716. The lowest BCUT2D eigenvalue weighted by Gasteiger charge is -2.11. The molecule has 2 N–H and O–H groups in total. The maximum Gasteiger partial charge on any atom is 0.314 e. The van der Waals surface area contributed by atoms with E-state index >= 15 is 0 Å². The van der Waals surface area contributed by atoms with Gasteiger partial charge in [0, 0.05) is 16.4 Å². The largest absolute Gasteiger partial charge is 0.318 e. The van der Waals surface area contributed by atoms with Crippen molar-refractivity contribution in [3.05, 3.63) is 58.1 Å². The van der Waals surface area contributed by atoms with Crippen molar-refractivity contribution in [3.63, 3.8) is 0 Å². The normalized spacial score (nSPS) is 10.2. The molecule has 0 aliphatic rings.